The van der Waals surface area contributed by atoms with Gasteiger partial charge in [-0.2, -0.15) is 5.10 Å². The number of carbonyl (C=O) groups excluding carboxylic acids is 2. The van der Waals surface area contributed by atoms with Crippen LogP contribution >= 0.6 is 22.7 Å². The predicted octanol–water partition coefficient (Wildman–Crippen LogP) is 4.44. The van der Waals surface area contributed by atoms with Gasteiger partial charge < -0.3 is 10.2 Å². The van der Waals surface area contributed by atoms with E-state index >= 15 is 0 Å². The predicted molar refractivity (Wildman–Crippen MR) is 126 cm³/mol. The number of pyridine rings is 1. The van der Waals surface area contributed by atoms with E-state index in [1.165, 1.54) is 11.3 Å². The second kappa shape index (κ2) is 8.44. The quantitative estimate of drug-likeness (QED) is 0.469. The van der Waals surface area contributed by atoms with Gasteiger partial charge in [0.05, 0.1) is 27.7 Å². The third kappa shape index (κ3) is 3.69. The van der Waals surface area contributed by atoms with Gasteiger partial charge in [-0.05, 0) is 44.2 Å². The van der Waals surface area contributed by atoms with Crippen molar-refractivity contribution in [3.63, 3.8) is 0 Å². The van der Waals surface area contributed by atoms with Crippen LogP contribution in [0.4, 0.5) is 5.13 Å². The van der Waals surface area contributed by atoms with Crippen molar-refractivity contribution in [1.82, 2.24) is 24.6 Å². The third-order valence-electron chi connectivity index (χ3n) is 5.54. The Hall–Kier alpha value is -3.11. The van der Waals surface area contributed by atoms with Gasteiger partial charge in [-0.25, -0.2) is 14.6 Å². The van der Waals surface area contributed by atoms with Crippen molar-refractivity contribution in [3.8, 4) is 10.6 Å². The average molecular weight is 467 g/mol. The van der Waals surface area contributed by atoms with Crippen molar-refractivity contribution < 1.29 is 9.59 Å². The number of anilines is 1. The fourth-order valence-corrected chi connectivity index (χ4v) is 5.25. The molecule has 0 aliphatic carbocycles. The summed E-state index contributed by atoms with van der Waals surface area (Å²) in [6, 6.07) is 5.36. The standard InChI is InChI=1S/C22H22N6O2S2/c1-13(2)28-19-15(12-24-28)14(11-16(25-19)18-6-4-9-31-18)21(30)27-8-3-5-17(27)20(29)26-22-23-7-10-32-22/h4,6-7,9-13,17H,3,5,8H2,1-2H3,(H,23,26,29). The van der Waals surface area contributed by atoms with Crippen molar-refractivity contribution in [1.29, 1.82) is 0 Å². The molecule has 1 aliphatic rings. The molecule has 1 unspecified atom stereocenters. The third-order valence-corrected chi connectivity index (χ3v) is 7.12. The molecule has 1 fully saturated rings. The van der Waals surface area contributed by atoms with Crippen molar-refractivity contribution in [2.45, 2.75) is 38.8 Å². The van der Waals surface area contributed by atoms with Crippen LogP contribution in [-0.4, -0.2) is 49.0 Å². The van der Waals surface area contributed by atoms with E-state index in [4.69, 9.17) is 4.98 Å². The van der Waals surface area contributed by atoms with Gasteiger partial charge in [-0.1, -0.05) is 6.07 Å². The lowest BCUT2D eigenvalue weighted by molar-refractivity contribution is -0.119. The summed E-state index contributed by atoms with van der Waals surface area (Å²) >= 11 is 2.93. The Bertz CT molecular complexity index is 1260. The number of nitrogens with one attached hydrogen (secondary N) is 1. The van der Waals surface area contributed by atoms with Crippen LogP contribution in [-0.2, 0) is 4.79 Å². The van der Waals surface area contributed by atoms with Crippen molar-refractivity contribution in [2.24, 2.45) is 0 Å². The van der Waals surface area contributed by atoms with Crippen LogP contribution in [0, 0.1) is 0 Å². The highest BCUT2D eigenvalue weighted by Gasteiger charge is 2.36. The Morgan fingerprint density at radius 1 is 1.25 bits per heavy atom. The number of carbonyl (C=O) groups is 2. The van der Waals surface area contributed by atoms with Crippen LogP contribution in [0.15, 0.2) is 41.4 Å². The molecule has 4 aromatic heterocycles. The number of hydrogen-bond donors (Lipinski definition) is 1. The molecule has 0 saturated carbocycles. The first-order valence-corrected chi connectivity index (χ1v) is 12.2. The molecule has 0 radical (unpaired) electrons. The summed E-state index contributed by atoms with van der Waals surface area (Å²) in [5.41, 5.74) is 1.94. The Morgan fingerprint density at radius 2 is 2.12 bits per heavy atom. The molecule has 2 amide bonds. The largest absolute Gasteiger partial charge is 0.327 e. The molecule has 8 nitrogen and oxygen atoms in total. The highest BCUT2D eigenvalue weighted by molar-refractivity contribution is 7.14. The summed E-state index contributed by atoms with van der Waals surface area (Å²) in [5.74, 6) is -0.372. The molecular weight excluding hydrogens is 444 g/mol. The Morgan fingerprint density at radius 3 is 2.84 bits per heavy atom. The number of thiazole rings is 1. The zero-order valence-corrected chi connectivity index (χ0v) is 19.3. The van der Waals surface area contributed by atoms with E-state index in [-0.39, 0.29) is 17.9 Å². The summed E-state index contributed by atoms with van der Waals surface area (Å²) in [6.45, 7) is 4.60. The van der Waals surface area contributed by atoms with Crippen LogP contribution in [0.1, 0.15) is 43.1 Å². The fourth-order valence-electron chi connectivity index (χ4n) is 4.03. The minimum absolute atomic E-state index is 0.102. The van der Waals surface area contributed by atoms with E-state index in [2.05, 4.69) is 15.4 Å². The molecular formula is C22H22N6O2S2. The lowest BCUT2D eigenvalue weighted by atomic mass is 10.1. The van der Waals surface area contributed by atoms with E-state index in [0.717, 1.165) is 17.0 Å². The lowest BCUT2D eigenvalue weighted by Gasteiger charge is -2.24. The first-order chi connectivity index (χ1) is 15.5. The molecule has 32 heavy (non-hydrogen) atoms. The van der Waals surface area contributed by atoms with Gasteiger partial charge in [-0.3, -0.25) is 9.59 Å². The molecule has 0 bridgehead atoms. The molecule has 1 N–H and O–H groups in total. The van der Waals surface area contributed by atoms with Gasteiger partial charge >= 0.3 is 0 Å². The van der Waals surface area contributed by atoms with E-state index in [1.807, 2.05) is 42.1 Å². The summed E-state index contributed by atoms with van der Waals surface area (Å²) in [4.78, 5) is 38.3. The zero-order chi connectivity index (χ0) is 22.2. The minimum Gasteiger partial charge on any atom is -0.327 e. The monoisotopic (exact) mass is 466 g/mol. The maximum absolute atomic E-state index is 13.8. The van der Waals surface area contributed by atoms with Crippen LogP contribution in [0.25, 0.3) is 21.6 Å². The molecule has 1 atom stereocenters. The van der Waals surface area contributed by atoms with E-state index in [1.54, 1.807) is 34.0 Å². The normalized spacial score (nSPS) is 16.2. The highest BCUT2D eigenvalue weighted by Crippen LogP contribution is 2.31. The number of likely N-dealkylation sites (tertiary alicyclic amines) is 1. The first-order valence-electron chi connectivity index (χ1n) is 10.5. The number of aromatic nitrogens is 4. The molecule has 10 heteroatoms. The Kier molecular flexibility index (Phi) is 5.48. The number of fused-ring (bicyclic) bond motifs is 1. The Balaban J connectivity index is 1.54. The molecule has 5 rings (SSSR count). The second-order valence-corrected chi connectivity index (χ2v) is 9.78. The minimum atomic E-state index is -0.528. The van der Waals surface area contributed by atoms with Gasteiger partial charge in [0.2, 0.25) is 5.91 Å². The number of amides is 2. The molecule has 164 valence electrons. The molecule has 1 aliphatic heterocycles. The number of thiophene rings is 1. The average Bonchev–Trinajstić information content (AvgIpc) is 3.58. The smallest absolute Gasteiger partial charge is 0.255 e. The van der Waals surface area contributed by atoms with Gasteiger partial charge in [0.1, 0.15) is 6.04 Å². The molecule has 4 aromatic rings. The van der Waals surface area contributed by atoms with E-state index < -0.39 is 6.04 Å². The number of hydrogen-bond acceptors (Lipinski definition) is 7. The molecule has 0 spiro atoms. The second-order valence-electron chi connectivity index (χ2n) is 7.94. The van der Waals surface area contributed by atoms with E-state index in [9.17, 15) is 9.59 Å². The number of rotatable bonds is 5. The Labute approximate surface area is 192 Å². The first kappa shape index (κ1) is 20.8. The van der Waals surface area contributed by atoms with Crippen LogP contribution in [0.2, 0.25) is 0 Å². The summed E-state index contributed by atoms with van der Waals surface area (Å²) in [5, 5.41) is 12.4. The summed E-state index contributed by atoms with van der Waals surface area (Å²) in [7, 11) is 0. The summed E-state index contributed by atoms with van der Waals surface area (Å²) in [6.07, 6.45) is 4.75. The van der Waals surface area contributed by atoms with Gasteiger partial charge in [0.25, 0.3) is 5.91 Å². The van der Waals surface area contributed by atoms with Crippen LogP contribution in [0.3, 0.4) is 0 Å². The topological polar surface area (TPSA) is 93.0 Å². The molecule has 5 heterocycles. The van der Waals surface area contributed by atoms with Gasteiger partial charge in [0.15, 0.2) is 10.8 Å². The van der Waals surface area contributed by atoms with Crippen LogP contribution in [0.5, 0.6) is 0 Å². The van der Waals surface area contributed by atoms with Crippen molar-refractivity contribution in [3.05, 3.63) is 46.9 Å². The SMILES string of the molecule is CC(C)n1ncc2c(C(=O)N3CCCC3C(=O)Nc3nccs3)cc(-c3cccs3)nc21. The molecule has 0 aromatic carbocycles. The zero-order valence-electron chi connectivity index (χ0n) is 17.7. The fraction of sp³-hybridized carbons (Fsp3) is 0.318. The summed E-state index contributed by atoms with van der Waals surface area (Å²) < 4.78 is 1.83. The van der Waals surface area contributed by atoms with Crippen molar-refractivity contribution >= 4 is 50.7 Å². The highest BCUT2D eigenvalue weighted by atomic mass is 32.1. The van der Waals surface area contributed by atoms with E-state index in [0.29, 0.717) is 34.7 Å². The van der Waals surface area contributed by atoms with Gasteiger partial charge in [-0.15, -0.1) is 22.7 Å². The maximum atomic E-state index is 13.8. The maximum Gasteiger partial charge on any atom is 0.255 e. The lowest BCUT2D eigenvalue weighted by Crippen LogP contribution is -2.43. The van der Waals surface area contributed by atoms with Crippen molar-refractivity contribution in [2.75, 3.05) is 11.9 Å². The van der Waals surface area contributed by atoms with Gasteiger partial charge in [0, 0.05) is 24.2 Å². The number of nitrogens with zero attached hydrogens (tertiary/aromatic N) is 5. The molecule has 1 saturated heterocycles. The van der Waals surface area contributed by atoms with Crippen LogP contribution < -0.4 is 5.32 Å².